The fourth-order valence-electron chi connectivity index (χ4n) is 2.04. The second-order valence-electron chi connectivity index (χ2n) is 6.42. The summed E-state index contributed by atoms with van der Waals surface area (Å²) >= 11 is 0. The van der Waals surface area contributed by atoms with Crippen LogP contribution in [0.5, 0.6) is 0 Å². The molecule has 0 aliphatic heterocycles. The summed E-state index contributed by atoms with van der Waals surface area (Å²) in [5.74, 6) is 0. The van der Waals surface area contributed by atoms with Crippen LogP contribution in [0.1, 0.15) is 43.9 Å². The third-order valence-electron chi connectivity index (χ3n) is 3.99. The normalized spacial score (nSPS) is 12.7. The molecule has 1 rings (SSSR count). The van der Waals surface area contributed by atoms with Crippen LogP contribution in [-0.2, 0) is 16.6 Å². The number of hydrogen-bond acceptors (Lipinski definition) is 3. The van der Waals surface area contributed by atoms with Crippen LogP contribution in [0.15, 0.2) is 17.0 Å². The van der Waals surface area contributed by atoms with E-state index in [1.165, 1.54) is 0 Å². The molecule has 0 unspecified atom stereocenters. The molecule has 21 heavy (non-hydrogen) atoms. The van der Waals surface area contributed by atoms with Crippen molar-refractivity contribution in [3.8, 4) is 0 Å². The summed E-state index contributed by atoms with van der Waals surface area (Å²) in [6.45, 7) is 11.1. The van der Waals surface area contributed by atoms with E-state index in [9.17, 15) is 8.42 Å². The second kappa shape index (κ2) is 6.90. The average molecular weight is 312 g/mol. The summed E-state index contributed by atoms with van der Waals surface area (Å²) in [5.41, 5.74) is 2.86. The van der Waals surface area contributed by atoms with E-state index in [0.717, 1.165) is 23.1 Å². The molecule has 0 atom stereocenters. The Bertz CT molecular complexity index is 593. The number of benzene rings is 1. The van der Waals surface area contributed by atoms with Gasteiger partial charge in [0.1, 0.15) is 0 Å². The lowest BCUT2D eigenvalue weighted by molar-refractivity contribution is 0.350. The van der Waals surface area contributed by atoms with Gasteiger partial charge in [-0.15, -0.1) is 0 Å². The molecule has 0 aliphatic rings. The van der Waals surface area contributed by atoms with E-state index < -0.39 is 10.0 Å². The SMILES string of the molecule is CCC(C)(C)CNS(=O)(=O)c1cc(CNC)c(C)cc1C. The Morgan fingerprint density at radius 2 is 1.76 bits per heavy atom. The third-order valence-corrected chi connectivity index (χ3v) is 5.53. The molecule has 0 heterocycles. The van der Waals surface area contributed by atoms with Crippen LogP contribution in [0.4, 0.5) is 0 Å². The van der Waals surface area contributed by atoms with E-state index in [1.54, 1.807) is 6.07 Å². The zero-order valence-corrected chi connectivity index (χ0v) is 14.8. The van der Waals surface area contributed by atoms with E-state index >= 15 is 0 Å². The van der Waals surface area contributed by atoms with E-state index in [-0.39, 0.29) is 5.41 Å². The van der Waals surface area contributed by atoms with Crippen LogP contribution in [0.3, 0.4) is 0 Å². The Morgan fingerprint density at radius 1 is 1.14 bits per heavy atom. The van der Waals surface area contributed by atoms with Crippen molar-refractivity contribution in [1.82, 2.24) is 10.0 Å². The number of aryl methyl sites for hydroxylation is 2. The highest BCUT2D eigenvalue weighted by Gasteiger charge is 2.22. The number of nitrogens with one attached hydrogen (secondary N) is 2. The van der Waals surface area contributed by atoms with Crippen LogP contribution in [0, 0.1) is 19.3 Å². The molecule has 0 amide bonds. The zero-order valence-electron chi connectivity index (χ0n) is 14.0. The van der Waals surface area contributed by atoms with Gasteiger partial charge in [-0.05, 0) is 55.5 Å². The van der Waals surface area contributed by atoms with Gasteiger partial charge in [-0.3, -0.25) is 0 Å². The Kier molecular flexibility index (Phi) is 5.96. The molecule has 1 aromatic carbocycles. The van der Waals surface area contributed by atoms with Crippen LogP contribution in [0.25, 0.3) is 0 Å². The fourth-order valence-corrected chi connectivity index (χ4v) is 3.55. The molecule has 0 saturated carbocycles. The molecular weight excluding hydrogens is 284 g/mol. The van der Waals surface area contributed by atoms with Crippen molar-refractivity contribution in [3.05, 3.63) is 28.8 Å². The Morgan fingerprint density at radius 3 is 2.29 bits per heavy atom. The van der Waals surface area contributed by atoms with Gasteiger partial charge in [0, 0.05) is 13.1 Å². The molecular formula is C16H28N2O2S. The molecule has 0 aromatic heterocycles. The lowest BCUT2D eigenvalue weighted by Crippen LogP contribution is -2.34. The van der Waals surface area contributed by atoms with Crippen molar-refractivity contribution in [2.24, 2.45) is 5.41 Å². The standard InChI is InChI=1S/C16H28N2O2S/c1-7-16(4,5)11-18-21(19,20)15-9-14(10-17-6)12(2)8-13(15)3/h8-9,17-18H,7,10-11H2,1-6H3. The van der Waals surface area contributed by atoms with Gasteiger partial charge in [-0.1, -0.05) is 26.8 Å². The van der Waals surface area contributed by atoms with Crippen LogP contribution >= 0.6 is 0 Å². The predicted molar refractivity (Wildman–Crippen MR) is 87.9 cm³/mol. The molecule has 5 heteroatoms. The molecule has 2 N–H and O–H groups in total. The first-order chi connectivity index (χ1) is 9.63. The van der Waals surface area contributed by atoms with Crippen molar-refractivity contribution in [3.63, 3.8) is 0 Å². The van der Waals surface area contributed by atoms with Gasteiger partial charge in [0.15, 0.2) is 0 Å². The molecule has 1 aromatic rings. The number of hydrogen-bond donors (Lipinski definition) is 2. The predicted octanol–water partition coefficient (Wildman–Crippen LogP) is 2.74. The largest absolute Gasteiger partial charge is 0.316 e. The van der Waals surface area contributed by atoms with Gasteiger partial charge in [0.05, 0.1) is 4.90 Å². The Balaban J connectivity index is 3.10. The monoisotopic (exact) mass is 312 g/mol. The number of sulfonamides is 1. The molecule has 4 nitrogen and oxygen atoms in total. The zero-order chi connectivity index (χ0) is 16.3. The van der Waals surface area contributed by atoms with Gasteiger partial charge in [0.2, 0.25) is 10.0 Å². The summed E-state index contributed by atoms with van der Waals surface area (Å²) < 4.78 is 27.9. The van der Waals surface area contributed by atoms with E-state index in [1.807, 2.05) is 27.0 Å². The summed E-state index contributed by atoms with van der Waals surface area (Å²) in [6, 6.07) is 3.72. The molecule has 0 bridgehead atoms. The third kappa shape index (κ3) is 4.80. The topological polar surface area (TPSA) is 58.2 Å². The smallest absolute Gasteiger partial charge is 0.240 e. The second-order valence-corrected chi connectivity index (χ2v) is 8.15. The Hall–Kier alpha value is -0.910. The average Bonchev–Trinajstić information content (AvgIpc) is 2.40. The number of rotatable bonds is 7. The van der Waals surface area contributed by atoms with E-state index in [2.05, 4.69) is 30.8 Å². The summed E-state index contributed by atoms with van der Waals surface area (Å²) in [4.78, 5) is 0.380. The minimum atomic E-state index is -3.47. The lowest BCUT2D eigenvalue weighted by atomic mass is 9.91. The van der Waals surface area contributed by atoms with E-state index in [4.69, 9.17) is 0 Å². The molecule has 0 saturated heterocycles. The van der Waals surface area contributed by atoms with Gasteiger partial charge < -0.3 is 5.32 Å². The van der Waals surface area contributed by atoms with Gasteiger partial charge in [-0.25, -0.2) is 13.1 Å². The highest BCUT2D eigenvalue weighted by atomic mass is 32.2. The maximum absolute atomic E-state index is 12.6. The van der Waals surface area contributed by atoms with Crippen molar-refractivity contribution in [2.45, 2.75) is 52.5 Å². The van der Waals surface area contributed by atoms with Gasteiger partial charge in [-0.2, -0.15) is 0 Å². The maximum Gasteiger partial charge on any atom is 0.240 e. The van der Waals surface area contributed by atoms with Gasteiger partial charge >= 0.3 is 0 Å². The van der Waals surface area contributed by atoms with Crippen molar-refractivity contribution >= 4 is 10.0 Å². The lowest BCUT2D eigenvalue weighted by Gasteiger charge is -2.23. The highest BCUT2D eigenvalue weighted by molar-refractivity contribution is 7.89. The van der Waals surface area contributed by atoms with Crippen LogP contribution in [-0.4, -0.2) is 22.0 Å². The maximum atomic E-state index is 12.6. The highest BCUT2D eigenvalue weighted by Crippen LogP contribution is 2.23. The molecule has 0 aliphatic carbocycles. The molecule has 0 fully saturated rings. The summed E-state index contributed by atoms with van der Waals surface area (Å²) in [7, 11) is -1.61. The molecule has 0 spiro atoms. The van der Waals surface area contributed by atoms with Crippen molar-refractivity contribution in [1.29, 1.82) is 0 Å². The first kappa shape index (κ1) is 18.1. The van der Waals surface area contributed by atoms with Crippen LogP contribution < -0.4 is 10.0 Å². The first-order valence-electron chi connectivity index (χ1n) is 7.37. The quantitative estimate of drug-likeness (QED) is 0.814. The van der Waals surface area contributed by atoms with Crippen molar-refractivity contribution in [2.75, 3.05) is 13.6 Å². The fraction of sp³-hybridized carbons (Fsp3) is 0.625. The van der Waals surface area contributed by atoms with E-state index in [0.29, 0.717) is 18.0 Å². The van der Waals surface area contributed by atoms with Gasteiger partial charge in [0.25, 0.3) is 0 Å². The first-order valence-corrected chi connectivity index (χ1v) is 8.85. The van der Waals surface area contributed by atoms with Crippen molar-refractivity contribution < 1.29 is 8.42 Å². The minimum absolute atomic E-state index is 0.0422. The molecule has 0 radical (unpaired) electrons. The summed E-state index contributed by atoms with van der Waals surface area (Å²) in [5, 5.41) is 3.07. The molecule has 120 valence electrons. The minimum Gasteiger partial charge on any atom is -0.316 e. The summed E-state index contributed by atoms with van der Waals surface area (Å²) in [6.07, 6.45) is 0.924. The van der Waals surface area contributed by atoms with Crippen LogP contribution in [0.2, 0.25) is 0 Å². The Labute approximate surface area is 129 Å².